The third-order valence-corrected chi connectivity index (χ3v) is 3.90. The molecule has 0 saturated heterocycles. The van der Waals surface area contributed by atoms with E-state index < -0.39 is 0 Å². The molecule has 0 atom stereocenters. The number of thiophene rings is 1. The Balaban J connectivity index is 2.22. The van der Waals surface area contributed by atoms with Gasteiger partial charge in [-0.1, -0.05) is 6.08 Å². The molecule has 82 valence electrons. The van der Waals surface area contributed by atoms with Crippen molar-refractivity contribution in [3.05, 3.63) is 29.0 Å². The van der Waals surface area contributed by atoms with Crippen LogP contribution in [0.5, 0.6) is 0 Å². The van der Waals surface area contributed by atoms with E-state index in [1.165, 1.54) is 11.3 Å². The highest BCUT2D eigenvalue weighted by Gasteiger charge is 2.06. The Morgan fingerprint density at radius 2 is 2.53 bits per heavy atom. The minimum absolute atomic E-state index is 0.0143. The van der Waals surface area contributed by atoms with Crippen LogP contribution in [-0.2, 0) is 0 Å². The molecular weight excluding hydrogens is 246 g/mol. The van der Waals surface area contributed by atoms with Gasteiger partial charge in [-0.25, -0.2) is 0 Å². The van der Waals surface area contributed by atoms with Crippen molar-refractivity contribution in [2.45, 2.75) is 4.90 Å². The Hall–Kier alpha value is -0.390. The maximum Gasteiger partial charge on any atom is 0.261 e. The maximum absolute atomic E-state index is 11.5. The van der Waals surface area contributed by atoms with Gasteiger partial charge in [0.05, 0.1) is 4.88 Å². The fraction of sp³-hybridized carbons (Fsp3) is 0.300. The van der Waals surface area contributed by atoms with Crippen LogP contribution >= 0.6 is 35.7 Å². The lowest BCUT2D eigenvalue weighted by Gasteiger charge is -2.01. The molecule has 0 spiro atoms. The summed E-state index contributed by atoms with van der Waals surface area (Å²) in [6.45, 7) is 4.32. The topological polar surface area (TPSA) is 29.1 Å². The second-order valence-electron chi connectivity index (χ2n) is 2.79. The largest absolute Gasteiger partial charge is 0.351 e. The van der Waals surface area contributed by atoms with E-state index >= 15 is 0 Å². The smallest absolute Gasteiger partial charge is 0.261 e. The highest BCUT2D eigenvalue weighted by atomic mass is 32.2. The summed E-state index contributed by atoms with van der Waals surface area (Å²) in [6, 6.07) is 1.78. The summed E-state index contributed by atoms with van der Waals surface area (Å²) in [5, 5.41) is 4.71. The van der Waals surface area contributed by atoms with E-state index in [1.807, 2.05) is 11.5 Å². The molecule has 0 saturated carbocycles. The number of carbonyl (C=O) groups excluding carboxylic acids is 1. The lowest BCUT2D eigenvalue weighted by molar-refractivity contribution is 0.0960. The Morgan fingerprint density at radius 1 is 1.73 bits per heavy atom. The highest BCUT2D eigenvalue weighted by Crippen LogP contribution is 2.17. The number of hydrogen-bond donors (Lipinski definition) is 2. The standard InChI is InChI=1S/C10H13NOS3/c1-2-4-14-5-3-11-10(12)9-6-8(13)7-15-9/h2,6-7,13H,1,3-5H2,(H,11,12). The van der Waals surface area contributed by atoms with Crippen molar-refractivity contribution in [2.24, 2.45) is 0 Å². The predicted octanol–water partition coefficient (Wildman–Crippen LogP) is 2.69. The van der Waals surface area contributed by atoms with Crippen LogP contribution in [0, 0.1) is 0 Å². The lowest BCUT2D eigenvalue weighted by atomic mass is 10.4. The second-order valence-corrected chi connectivity index (χ2v) is 5.37. The summed E-state index contributed by atoms with van der Waals surface area (Å²) in [6.07, 6.45) is 1.86. The fourth-order valence-corrected chi connectivity index (χ4v) is 2.58. The first kappa shape index (κ1) is 12.7. The van der Waals surface area contributed by atoms with E-state index in [4.69, 9.17) is 0 Å². The first-order chi connectivity index (χ1) is 7.24. The number of thiol groups is 1. The SMILES string of the molecule is C=CCSCCNC(=O)c1cc(S)cs1. The second kappa shape index (κ2) is 6.98. The molecule has 1 N–H and O–H groups in total. The van der Waals surface area contributed by atoms with Crippen molar-refractivity contribution in [1.29, 1.82) is 0 Å². The van der Waals surface area contributed by atoms with E-state index in [0.29, 0.717) is 11.4 Å². The molecule has 0 unspecified atom stereocenters. The van der Waals surface area contributed by atoms with E-state index in [0.717, 1.165) is 16.4 Å². The van der Waals surface area contributed by atoms with Crippen molar-refractivity contribution in [3.8, 4) is 0 Å². The van der Waals surface area contributed by atoms with Crippen LogP contribution < -0.4 is 5.32 Å². The van der Waals surface area contributed by atoms with Crippen molar-refractivity contribution in [1.82, 2.24) is 5.32 Å². The summed E-state index contributed by atoms with van der Waals surface area (Å²) >= 11 is 7.32. The maximum atomic E-state index is 11.5. The van der Waals surface area contributed by atoms with Crippen molar-refractivity contribution < 1.29 is 4.79 Å². The zero-order chi connectivity index (χ0) is 11.1. The third-order valence-electron chi connectivity index (χ3n) is 1.58. The van der Waals surface area contributed by atoms with Gasteiger partial charge in [-0.2, -0.15) is 11.8 Å². The van der Waals surface area contributed by atoms with E-state index in [9.17, 15) is 4.79 Å². The van der Waals surface area contributed by atoms with Gasteiger partial charge in [0.1, 0.15) is 0 Å². The molecule has 1 aromatic heterocycles. The molecule has 0 aliphatic carbocycles. The average Bonchev–Trinajstić information content (AvgIpc) is 2.64. The summed E-state index contributed by atoms with van der Waals surface area (Å²) < 4.78 is 0. The van der Waals surface area contributed by atoms with Gasteiger partial charge in [0.25, 0.3) is 5.91 Å². The average molecular weight is 259 g/mol. The fourth-order valence-electron chi connectivity index (χ4n) is 0.936. The monoisotopic (exact) mass is 259 g/mol. The van der Waals surface area contributed by atoms with Gasteiger partial charge in [0.15, 0.2) is 0 Å². The number of hydrogen-bond acceptors (Lipinski definition) is 4. The van der Waals surface area contributed by atoms with Gasteiger partial charge in [-0.3, -0.25) is 4.79 Å². The normalized spacial score (nSPS) is 9.93. The Kier molecular flexibility index (Phi) is 5.90. The molecule has 0 bridgehead atoms. The molecule has 1 heterocycles. The number of carbonyl (C=O) groups is 1. The predicted molar refractivity (Wildman–Crippen MR) is 71.4 cm³/mol. The summed E-state index contributed by atoms with van der Waals surface area (Å²) in [5.41, 5.74) is 0. The number of nitrogens with one attached hydrogen (secondary N) is 1. The molecule has 1 aromatic rings. The summed E-state index contributed by atoms with van der Waals surface area (Å²) in [4.78, 5) is 13.1. The van der Waals surface area contributed by atoms with Gasteiger partial charge < -0.3 is 5.32 Å². The van der Waals surface area contributed by atoms with Crippen molar-refractivity contribution in [3.63, 3.8) is 0 Å². The van der Waals surface area contributed by atoms with Gasteiger partial charge in [0, 0.05) is 28.3 Å². The first-order valence-corrected chi connectivity index (χ1v) is 6.96. The van der Waals surface area contributed by atoms with Crippen LogP contribution in [0.25, 0.3) is 0 Å². The first-order valence-electron chi connectivity index (χ1n) is 4.48. The summed E-state index contributed by atoms with van der Waals surface area (Å²) in [7, 11) is 0. The van der Waals surface area contributed by atoms with Crippen molar-refractivity contribution in [2.75, 3.05) is 18.1 Å². The molecule has 0 radical (unpaired) electrons. The quantitative estimate of drug-likeness (QED) is 0.467. The zero-order valence-electron chi connectivity index (χ0n) is 8.23. The number of rotatable bonds is 6. The minimum Gasteiger partial charge on any atom is -0.351 e. The van der Waals surface area contributed by atoms with Crippen LogP contribution in [0.2, 0.25) is 0 Å². The molecule has 0 aromatic carbocycles. The van der Waals surface area contributed by atoms with Crippen LogP contribution in [0.15, 0.2) is 29.0 Å². The van der Waals surface area contributed by atoms with Gasteiger partial charge in [0.2, 0.25) is 0 Å². The van der Waals surface area contributed by atoms with E-state index in [-0.39, 0.29) is 5.91 Å². The molecule has 1 amide bonds. The minimum atomic E-state index is -0.0143. The van der Waals surface area contributed by atoms with Gasteiger partial charge >= 0.3 is 0 Å². The third kappa shape index (κ3) is 4.77. The van der Waals surface area contributed by atoms with Crippen molar-refractivity contribution >= 4 is 41.6 Å². The van der Waals surface area contributed by atoms with Crippen LogP contribution in [0.1, 0.15) is 9.67 Å². The molecule has 5 heteroatoms. The molecule has 1 rings (SSSR count). The number of amides is 1. The Labute approximate surface area is 104 Å². The highest BCUT2D eigenvalue weighted by molar-refractivity contribution is 7.99. The Bertz CT molecular complexity index is 335. The molecule has 0 aliphatic rings. The molecular formula is C10H13NOS3. The lowest BCUT2D eigenvalue weighted by Crippen LogP contribution is -2.24. The molecule has 2 nitrogen and oxygen atoms in total. The van der Waals surface area contributed by atoms with Crippen LogP contribution in [-0.4, -0.2) is 24.0 Å². The molecule has 0 fully saturated rings. The molecule has 15 heavy (non-hydrogen) atoms. The van der Waals surface area contributed by atoms with Crippen LogP contribution in [0.3, 0.4) is 0 Å². The van der Waals surface area contributed by atoms with Gasteiger partial charge in [-0.15, -0.1) is 30.5 Å². The molecule has 0 aliphatic heterocycles. The summed E-state index contributed by atoms with van der Waals surface area (Å²) in [5.74, 6) is 1.83. The van der Waals surface area contributed by atoms with E-state index in [2.05, 4.69) is 24.5 Å². The van der Waals surface area contributed by atoms with Crippen LogP contribution in [0.4, 0.5) is 0 Å². The Morgan fingerprint density at radius 3 is 3.13 bits per heavy atom. The number of thioether (sulfide) groups is 1. The van der Waals surface area contributed by atoms with Gasteiger partial charge in [-0.05, 0) is 6.07 Å². The van der Waals surface area contributed by atoms with E-state index in [1.54, 1.807) is 17.8 Å². The zero-order valence-corrected chi connectivity index (χ0v) is 10.8.